The summed E-state index contributed by atoms with van der Waals surface area (Å²) in [7, 11) is 0. The van der Waals surface area contributed by atoms with Crippen LogP contribution in [0.15, 0.2) is 34.6 Å². The molecule has 1 spiro atoms. The Kier molecular flexibility index (Phi) is 4.29. The second kappa shape index (κ2) is 6.60. The van der Waals surface area contributed by atoms with Crippen molar-refractivity contribution in [2.75, 3.05) is 0 Å². The third kappa shape index (κ3) is 2.29. The number of fused-ring (bicyclic) bond motifs is 1. The average Bonchev–Trinajstić information content (AvgIpc) is 3.19. The first kappa shape index (κ1) is 18.2. The first-order valence-corrected chi connectivity index (χ1v) is 11.2. The molecule has 28 heavy (non-hydrogen) atoms. The Bertz CT molecular complexity index is 816. The minimum Gasteiger partial charge on any atom is -0.454 e. The number of carbonyl (C=O) groups is 2. The van der Waals surface area contributed by atoms with Gasteiger partial charge < -0.3 is 9.47 Å². The fourth-order valence-corrected chi connectivity index (χ4v) is 6.63. The van der Waals surface area contributed by atoms with E-state index in [1.54, 1.807) is 0 Å². The van der Waals surface area contributed by atoms with Crippen molar-refractivity contribution in [1.82, 2.24) is 0 Å². The lowest BCUT2D eigenvalue weighted by atomic mass is 9.46. The summed E-state index contributed by atoms with van der Waals surface area (Å²) in [6.45, 7) is 4.31. The highest BCUT2D eigenvalue weighted by Crippen LogP contribution is 2.68. The molecule has 0 amide bonds. The molecular weight excluding hydrogens is 352 g/mol. The van der Waals surface area contributed by atoms with Crippen LogP contribution in [0.1, 0.15) is 71.6 Å². The summed E-state index contributed by atoms with van der Waals surface area (Å²) in [6, 6.07) is 0. The first-order chi connectivity index (χ1) is 13.6. The number of ether oxygens (including phenoxy) is 2. The lowest BCUT2D eigenvalue weighted by Crippen LogP contribution is -2.50. The molecule has 6 aliphatic rings. The van der Waals surface area contributed by atoms with Crippen LogP contribution in [0.4, 0.5) is 0 Å². The standard InChI is InChI=1S/C24H30O4/c1-3-5-7-18-16-10-9-15-14-11-12-24(21(15)20(16)23(26)27-18)17(13-14)22(25)28-19(24)8-6-4-2/h8,13-15,18,21H,3-7,9-12H2,1-2H3/t14-,15+,18+,21-,24+/m0/s1. The topological polar surface area (TPSA) is 52.6 Å². The van der Waals surface area contributed by atoms with Crippen LogP contribution in [0.25, 0.3) is 0 Å². The maximum absolute atomic E-state index is 13.1. The van der Waals surface area contributed by atoms with Gasteiger partial charge in [-0.25, -0.2) is 9.59 Å². The summed E-state index contributed by atoms with van der Waals surface area (Å²) < 4.78 is 11.7. The van der Waals surface area contributed by atoms with Gasteiger partial charge in [-0.05, 0) is 68.4 Å². The molecule has 1 saturated heterocycles. The Balaban J connectivity index is 1.63. The van der Waals surface area contributed by atoms with Gasteiger partial charge in [-0.3, -0.25) is 0 Å². The molecule has 4 aliphatic carbocycles. The van der Waals surface area contributed by atoms with E-state index < -0.39 is 5.41 Å². The van der Waals surface area contributed by atoms with Crippen molar-refractivity contribution in [3.8, 4) is 0 Å². The predicted octanol–water partition coefficient (Wildman–Crippen LogP) is 5.00. The van der Waals surface area contributed by atoms with Crippen LogP contribution in [-0.4, -0.2) is 18.0 Å². The number of hydrogen-bond acceptors (Lipinski definition) is 4. The molecule has 0 aromatic heterocycles. The van der Waals surface area contributed by atoms with E-state index in [0.29, 0.717) is 11.8 Å². The normalized spacial score (nSPS) is 39.5. The number of rotatable bonds is 5. The van der Waals surface area contributed by atoms with Gasteiger partial charge in [0.25, 0.3) is 0 Å². The van der Waals surface area contributed by atoms with Gasteiger partial charge in [-0.15, -0.1) is 0 Å². The molecule has 2 fully saturated rings. The van der Waals surface area contributed by atoms with Gasteiger partial charge >= 0.3 is 11.9 Å². The van der Waals surface area contributed by atoms with Gasteiger partial charge in [0.2, 0.25) is 0 Å². The van der Waals surface area contributed by atoms with E-state index in [1.165, 1.54) is 5.57 Å². The number of carbonyl (C=O) groups excluding carboxylic acids is 2. The SMILES string of the molecule is CCCC=C1OC(=O)C2=C[C@@H]3CC[C@]12[C@@H]1C2=C(CC[C@H]31)[C@@H](CCCC)OC2=O. The second-order valence-corrected chi connectivity index (χ2v) is 9.16. The summed E-state index contributed by atoms with van der Waals surface area (Å²) in [6.07, 6.45) is 13.3. The summed E-state index contributed by atoms with van der Waals surface area (Å²) in [5.74, 6) is 1.37. The van der Waals surface area contributed by atoms with Crippen molar-refractivity contribution in [3.63, 3.8) is 0 Å². The molecule has 2 aliphatic heterocycles. The molecule has 0 unspecified atom stereocenters. The average molecular weight is 383 g/mol. The van der Waals surface area contributed by atoms with E-state index in [0.717, 1.165) is 74.7 Å². The first-order valence-electron chi connectivity index (χ1n) is 11.2. The number of unbranched alkanes of at least 4 members (excludes halogenated alkanes) is 2. The molecule has 0 radical (unpaired) electrons. The van der Waals surface area contributed by atoms with E-state index >= 15 is 0 Å². The fraction of sp³-hybridized carbons (Fsp3) is 0.667. The van der Waals surface area contributed by atoms with E-state index in [-0.39, 0.29) is 24.0 Å². The van der Waals surface area contributed by atoms with Crippen LogP contribution in [-0.2, 0) is 19.1 Å². The molecule has 0 aromatic carbocycles. The summed E-state index contributed by atoms with van der Waals surface area (Å²) in [5.41, 5.74) is 2.54. The Labute approximate surface area is 167 Å². The molecule has 1 saturated carbocycles. The second-order valence-electron chi connectivity index (χ2n) is 9.16. The van der Waals surface area contributed by atoms with Crippen LogP contribution in [0, 0.1) is 23.2 Å². The highest BCUT2D eigenvalue weighted by Gasteiger charge is 2.66. The monoisotopic (exact) mass is 382 g/mol. The molecule has 0 aromatic rings. The molecule has 2 heterocycles. The van der Waals surface area contributed by atoms with Crippen molar-refractivity contribution in [1.29, 1.82) is 0 Å². The van der Waals surface area contributed by atoms with Gasteiger partial charge in [0, 0.05) is 17.1 Å². The molecule has 5 atom stereocenters. The van der Waals surface area contributed by atoms with E-state index in [4.69, 9.17) is 9.47 Å². The largest absolute Gasteiger partial charge is 0.454 e. The number of allylic oxidation sites excluding steroid dienone is 3. The molecule has 2 bridgehead atoms. The summed E-state index contributed by atoms with van der Waals surface area (Å²) in [4.78, 5) is 25.8. The van der Waals surface area contributed by atoms with Crippen LogP contribution >= 0.6 is 0 Å². The quantitative estimate of drug-likeness (QED) is 0.628. The zero-order valence-corrected chi connectivity index (χ0v) is 17.0. The fourth-order valence-electron chi connectivity index (χ4n) is 6.63. The molecule has 4 nitrogen and oxygen atoms in total. The Hall–Kier alpha value is -1.84. The van der Waals surface area contributed by atoms with Crippen LogP contribution in [0.2, 0.25) is 0 Å². The van der Waals surface area contributed by atoms with E-state index in [2.05, 4.69) is 26.0 Å². The van der Waals surface area contributed by atoms with Gasteiger partial charge in [0.15, 0.2) is 0 Å². The number of esters is 2. The zero-order valence-electron chi connectivity index (χ0n) is 17.0. The minimum absolute atomic E-state index is 0.0474. The molecule has 150 valence electrons. The van der Waals surface area contributed by atoms with Crippen LogP contribution < -0.4 is 0 Å². The number of hydrogen-bond donors (Lipinski definition) is 0. The van der Waals surface area contributed by atoms with Gasteiger partial charge in [0.1, 0.15) is 11.9 Å². The van der Waals surface area contributed by atoms with E-state index in [1.807, 2.05) is 0 Å². The molecular formula is C24H30O4. The van der Waals surface area contributed by atoms with E-state index in [9.17, 15) is 9.59 Å². The summed E-state index contributed by atoms with van der Waals surface area (Å²) in [5, 5.41) is 0. The Morgan fingerprint density at radius 2 is 2.04 bits per heavy atom. The highest BCUT2D eigenvalue weighted by atomic mass is 16.6. The van der Waals surface area contributed by atoms with Gasteiger partial charge in [-0.2, -0.15) is 0 Å². The smallest absolute Gasteiger partial charge is 0.339 e. The maximum atomic E-state index is 13.1. The molecule has 0 N–H and O–H groups in total. The number of cyclic esters (lactones) is 2. The predicted molar refractivity (Wildman–Crippen MR) is 105 cm³/mol. The van der Waals surface area contributed by atoms with Crippen molar-refractivity contribution >= 4 is 11.9 Å². The summed E-state index contributed by atoms with van der Waals surface area (Å²) >= 11 is 0. The van der Waals surface area contributed by atoms with Crippen molar-refractivity contribution in [3.05, 3.63) is 34.6 Å². The third-order valence-corrected chi connectivity index (χ3v) is 7.80. The van der Waals surface area contributed by atoms with Crippen LogP contribution in [0.5, 0.6) is 0 Å². The van der Waals surface area contributed by atoms with Crippen molar-refractivity contribution < 1.29 is 19.1 Å². The Morgan fingerprint density at radius 3 is 2.82 bits per heavy atom. The maximum Gasteiger partial charge on any atom is 0.339 e. The molecule has 4 heteroatoms. The lowest BCUT2D eigenvalue weighted by Gasteiger charge is -2.54. The van der Waals surface area contributed by atoms with Gasteiger partial charge in [0.05, 0.1) is 5.41 Å². The minimum atomic E-state index is -0.425. The van der Waals surface area contributed by atoms with Crippen LogP contribution in [0.3, 0.4) is 0 Å². The molecule has 6 rings (SSSR count). The zero-order chi connectivity index (χ0) is 19.5. The van der Waals surface area contributed by atoms with Gasteiger partial charge in [-0.1, -0.05) is 32.8 Å². The van der Waals surface area contributed by atoms with Crippen molar-refractivity contribution in [2.45, 2.75) is 77.7 Å². The van der Waals surface area contributed by atoms with Crippen molar-refractivity contribution in [2.24, 2.45) is 23.2 Å². The third-order valence-electron chi connectivity index (χ3n) is 7.80. The Morgan fingerprint density at radius 1 is 1.18 bits per heavy atom. The highest BCUT2D eigenvalue weighted by molar-refractivity contribution is 5.99. The lowest BCUT2D eigenvalue weighted by molar-refractivity contribution is -0.141.